The molecule has 0 amide bonds. The van der Waals surface area contributed by atoms with E-state index in [1.165, 1.54) is 17.7 Å². The first kappa shape index (κ1) is 45.5. The zero-order valence-corrected chi connectivity index (χ0v) is 35.6. The summed E-state index contributed by atoms with van der Waals surface area (Å²) < 4.78 is 61.2. The van der Waals surface area contributed by atoms with Gasteiger partial charge in [-0.1, -0.05) is 70.5 Å². The molecule has 304 valence electrons. The molecule has 15 heteroatoms. The van der Waals surface area contributed by atoms with E-state index in [4.69, 9.17) is 30.1 Å². The number of furan rings is 1. The number of para-hydroxylation sites is 1. The fourth-order valence-electron chi connectivity index (χ4n) is 5.88. The molecular formula is C42H46BBrClF3N2O7. The van der Waals surface area contributed by atoms with Gasteiger partial charge in [-0.2, -0.15) is 13.2 Å². The molecule has 0 spiro atoms. The number of fused-ring (bicyclic) bond motifs is 1. The fourth-order valence-corrected chi connectivity index (χ4v) is 6.39. The Bertz CT molecular complexity index is 2250. The Hall–Kier alpha value is -4.21. The number of hydrogen-bond acceptors (Lipinski definition) is 8. The molecule has 6 rings (SSSR count). The Morgan fingerprint density at radius 3 is 2.09 bits per heavy atom. The summed E-state index contributed by atoms with van der Waals surface area (Å²) in [5, 5.41) is 3.14. The zero-order chi connectivity index (χ0) is 42.5. The minimum absolute atomic E-state index is 0.192. The van der Waals surface area contributed by atoms with Crippen LogP contribution in [-0.4, -0.2) is 41.2 Å². The first-order valence-electron chi connectivity index (χ1n) is 17.9. The summed E-state index contributed by atoms with van der Waals surface area (Å²) in [6, 6.07) is 24.9. The van der Waals surface area contributed by atoms with E-state index in [9.17, 15) is 27.6 Å². The van der Waals surface area contributed by atoms with Crippen molar-refractivity contribution in [3.63, 3.8) is 0 Å². The lowest BCUT2D eigenvalue weighted by atomic mass is 9.75. The number of methoxy groups -OCH3 is 1. The first-order valence-corrected chi connectivity index (χ1v) is 19.1. The van der Waals surface area contributed by atoms with E-state index in [1.54, 1.807) is 26.1 Å². The molecule has 3 aromatic carbocycles. The van der Waals surface area contributed by atoms with Crippen LogP contribution in [-0.2, 0) is 50.6 Å². The average Bonchev–Trinajstić information content (AvgIpc) is 3.72. The topological polar surface area (TPSA) is 109 Å². The van der Waals surface area contributed by atoms with Gasteiger partial charge in [0.15, 0.2) is 0 Å². The number of alkyl halides is 3. The summed E-state index contributed by atoms with van der Waals surface area (Å²) in [6.45, 7) is 14.2. The second-order valence-electron chi connectivity index (χ2n) is 15.0. The summed E-state index contributed by atoms with van der Waals surface area (Å²) in [5.41, 5.74) is 2.57. The number of rotatable bonds is 8. The number of carbonyl (C=O) groups excluding carboxylic acids is 2. The summed E-state index contributed by atoms with van der Waals surface area (Å²) in [7, 11) is 2.65. The van der Waals surface area contributed by atoms with Gasteiger partial charge in [-0.05, 0) is 107 Å². The summed E-state index contributed by atoms with van der Waals surface area (Å²) in [4.78, 5) is 35.2. The Morgan fingerprint density at radius 1 is 0.912 bits per heavy atom. The number of carbonyl (C=O) groups is 2. The Morgan fingerprint density at radius 2 is 1.53 bits per heavy atom. The Balaban J connectivity index is 0.000000192. The summed E-state index contributed by atoms with van der Waals surface area (Å²) in [5.74, 6) is -0.962. The van der Waals surface area contributed by atoms with Crippen molar-refractivity contribution in [2.24, 2.45) is 7.05 Å². The molecule has 0 unspecified atom stereocenters. The maximum Gasteiger partial charge on any atom is 0.494 e. The number of benzene rings is 3. The van der Waals surface area contributed by atoms with Crippen LogP contribution in [0.5, 0.6) is 0 Å². The van der Waals surface area contributed by atoms with Crippen molar-refractivity contribution in [1.29, 1.82) is 0 Å². The van der Waals surface area contributed by atoms with Gasteiger partial charge in [0.1, 0.15) is 5.76 Å². The lowest BCUT2D eigenvalue weighted by Gasteiger charge is -2.32. The number of nitrogens with zero attached hydrogens (tertiary/aromatic N) is 1. The molecule has 57 heavy (non-hydrogen) atoms. The number of ether oxygens (including phenoxy) is 1. The van der Waals surface area contributed by atoms with Crippen LogP contribution >= 0.6 is 27.5 Å². The molecule has 0 saturated carbocycles. The third-order valence-corrected chi connectivity index (χ3v) is 10.8. The SMILES string of the molecule is COC(=O)C(C)(C)c1cccc(B2OC(C)(C)C(C)(C)O2)c1.Cc1c(C(=O)Cl)c2ccccc2n(C)c1=O.FC(F)(F)c1ccc(CNCc2ccc(Br)cc2)o1. The highest BCUT2D eigenvalue weighted by Crippen LogP contribution is 2.37. The van der Waals surface area contributed by atoms with Crippen LogP contribution in [0.3, 0.4) is 0 Å². The van der Waals surface area contributed by atoms with Crippen LogP contribution in [0.1, 0.15) is 80.1 Å². The molecule has 1 aliphatic heterocycles. The van der Waals surface area contributed by atoms with E-state index in [1.807, 2.05) is 102 Å². The second-order valence-corrected chi connectivity index (χ2v) is 16.2. The number of esters is 1. The highest BCUT2D eigenvalue weighted by atomic mass is 79.9. The van der Waals surface area contributed by atoms with Gasteiger partial charge < -0.3 is 28.3 Å². The van der Waals surface area contributed by atoms with E-state index < -0.39 is 29.7 Å². The number of halogens is 5. The number of aromatic nitrogens is 1. The summed E-state index contributed by atoms with van der Waals surface area (Å²) >= 11 is 8.85. The van der Waals surface area contributed by atoms with Gasteiger partial charge in [0, 0.05) is 29.0 Å². The van der Waals surface area contributed by atoms with Gasteiger partial charge in [0.2, 0.25) is 5.76 Å². The van der Waals surface area contributed by atoms with Crippen LogP contribution in [0.2, 0.25) is 0 Å². The monoisotopic (exact) mass is 872 g/mol. The smallest absolute Gasteiger partial charge is 0.468 e. The third kappa shape index (κ3) is 10.9. The minimum Gasteiger partial charge on any atom is -0.468 e. The number of hydrogen-bond donors (Lipinski definition) is 1. The van der Waals surface area contributed by atoms with Crippen molar-refractivity contribution in [2.45, 2.75) is 84.3 Å². The van der Waals surface area contributed by atoms with Crippen molar-refractivity contribution in [1.82, 2.24) is 9.88 Å². The average molecular weight is 874 g/mol. The van der Waals surface area contributed by atoms with Gasteiger partial charge in [-0.3, -0.25) is 14.4 Å². The fraction of sp³-hybridized carbons (Fsp3) is 0.357. The molecule has 1 aliphatic rings. The van der Waals surface area contributed by atoms with Crippen LogP contribution in [0.4, 0.5) is 13.2 Å². The highest BCUT2D eigenvalue weighted by molar-refractivity contribution is 9.10. The first-order chi connectivity index (χ1) is 26.5. The van der Waals surface area contributed by atoms with Crippen LogP contribution in [0.25, 0.3) is 10.9 Å². The second kappa shape index (κ2) is 18.2. The molecule has 2 aromatic heterocycles. The largest absolute Gasteiger partial charge is 0.494 e. The molecule has 0 aliphatic carbocycles. The third-order valence-electron chi connectivity index (χ3n) is 10.0. The standard InChI is InChI=1S/C17H25BO4.C13H11BrF3NO.C12H10ClNO2/c1-15(2,14(19)20-7)12-9-8-10-13(11-12)18-21-16(3,4)17(5,6)22-18;14-10-3-1-9(2-4-10)7-18-8-11-5-6-12(19-11)13(15,16)17;1-7-10(11(13)15)8-5-3-4-6-9(8)14(2)12(7)16/h8-11H,1-7H3;1-6,18H,7-8H2;3-6H,1-2H3. The molecule has 0 bridgehead atoms. The van der Waals surface area contributed by atoms with Crippen LogP contribution in [0.15, 0.2) is 98.6 Å². The van der Waals surface area contributed by atoms with Gasteiger partial charge in [0.05, 0.1) is 41.4 Å². The molecule has 5 aromatic rings. The van der Waals surface area contributed by atoms with Gasteiger partial charge in [0.25, 0.3) is 10.8 Å². The van der Waals surface area contributed by atoms with E-state index in [0.717, 1.165) is 27.1 Å². The molecule has 0 atom stereocenters. The molecule has 1 N–H and O–H groups in total. The highest BCUT2D eigenvalue weighted by Gasteiger charge is 2.52. The Labute approximate surface area is 344 Å². The van der Waals surface area contributed by atoms with Gasteiger partial charge >= 0.3 is 19.3 Å². The minimum atomic E-state index is -4.43. The number of pyridine rings is 1. The maximum absolute atomic E-state index is 12.3. The Kier molecular flexibility index (Phi) is 14.5. The summed E-state index contributed by atoms with van der Waals surface area (Å²) in [6.07, 6.45) is -4.43. The van der Waals surface area contributed by atoms with E-state index in [-0.39, 0.29) is 35.0 Å². The number of nitrogens with one attached hydrogen (secondary N) is 1. The lowest BCUT2D eigenvalue weighted by molar-refractivity contribution is -0.153. The van der Waals surface area contributed by atoms with Crippen molar-refractivity contribution in [3.8, 4) is 0 Å². The van der Waals surface area contributed by atoms with Crippen LogP contribution < -0.4 is 16.3 Å². The predicted molar refractivity (Wildman–Crippen MR) is 220 cm³/mol. The van der Waals surface area contributed by atoms with Gasteiger partial charge in [-0.25, -0.2) is 0 Å². The molecule has 3 heterocycles. The lowest BCUT2D eigenvalue weighted by Crippen LogP contribution is -2.41. The predicted octanol–water partition coefficient (Wildman–Crippen LogP) is 9.01. The normalized spacial score (nSPS) is 14.7. The quantitative estimate of drug-likeness (QED) is 0.0936. The van der Waals surface area contributed by atoms with Gasteiger partial charge in [-0.15, -0.1) is 0 Å². The zero-order valence-electron chi connectivity index (χ0n) is 33.3. The van der Waals surface area contributed by atoms with Crippen molar-refractivity contribution >= 4 is 62.2 Å². The van der Waals surface area contributed by atoms with Crippen LogP contribution in [0, 0.1) is 6.92 Å². The van der Waals surface area contributed by atoms with E-state index in [2.05, 4.69) is 21.2 Å². The molecule has 9 nitrogen and oxygen atoms in total. The maximum atomic E-state index is 12.3. The number of aryl methyl sites for hydroxylation is 1. The molecular weight excluding hydrogens is 828 g/mol. The molecule has 1 fully saturated rings. The molecule has 0 radical (unpaired) electrons. The van der Waals surface area contributed by atoms with E-state index >= 15 is 0 Å². The van der Waals surface area contributed by atoms with E-state index in [0.29, 0.717) is 28.6 Å². The molecule has 1 saturated heterocycles. The van der Waals surface area contributed by atoms with Crippen molar-refractivity contribution < 1.29 is 41.2 Å². The van der Waals surface area contributed by atoms with Crippen molar-refractivity contribution in [2.75, 3.05) is 7.11 Å². The van der Waals surface area contributed by atoms with Crippen molar-refractivity contribution in [3.05, 3.63) is 134 Å².